The van der Waals surface area contributed by atoms with Gasteiger partial charge < -0.3 is 0 Å². The standard InChI is InChI=1S/C8H13NO3S/c1-5-4-7(5)8(10)9-13(11,12)6-2-3-6/h5-7H,2-4H2,1H3,(H,9,10). The second kappa shape index (κ2) is 2.70. The average molecular weight is 203 g/mol. The number of rotatable bonds is 3. The summed E-state index contributed by atoms with van der Waals surface area (Å²) in [6.45, 7) is 1.95. The molecule has 2 atom stereocenters. The van der Waals surface area contributed by atoms with Crippen molar-refractivity contribution in [3.8, 4) is 0 Å². The average Bonchev–Trinajstić information content (AvgIpc) is 2.77. The highest BCUT2D eigenvalue weighted by Gasteiger charge is 2.43. The van der Waals surface area contributed by atoms with Gasteiger partial charge in [-0.25, -0.2) is 8.42 Å². The summed E-state index contributed by atoms with van der Waals surface area (Å²) < 4.78 is 24.8. The third-order valence-corrected chi connectivity index (χ3v) is 4.49. The summed E-state index contributed by atoms with van der Waals surface area (Å²) in [6.07, 6.45) is 2.22. The van der Waals surface area contributed by atoms with E-state index in [1.54, 1.807) is 0 Å². The maximum atomic E-state index is 11.3. The van der Waals surface area contributed by atoms with E-state index >= 15 is 0 Å². The van der Waals surface area contributed by atoms with Gasteiger partial charge in [-0.15, -0.1) is 0 Å². The Morgan fingerprint density at radius 3 is 2.31 bits per heavy atom. The molecule has 0 spiro atoms. The summed E-state index contributed by atoms with van der Waals surface area (Å²) in [5, 5.41) is -0.300. The number of carbonyl (C=O) groups excluding carboxylic acids is 1. The smallest absolute Gasteiger partial charge is 0.237 e. The summed E-state index contributed by atoms with van der Waals surface area (Å²) >= 11 is 0. The first-order chi connectivity index (χ1) is 6.00. The van der Waals surface area contributed by atoms with Crippen molar-refractivity contribution < 1.29 is 13.2 Å². The summed E-state index contributed by atoms with van der Waals surface area (Å²) in [6, 6.07) is 0. The van der Waals surface area contributed by atoms with Crippen LogP contribution in [0.25, 0.3) is 0 Å². The van der Waals surface area contributed by atoms with Gasteiger partial charge in [0.05, 0.1) is 5.25 Å². The van der Waals surface area contributed by atoms with Crippen LogP contribution in [0.1, 0.15) is 26.2 Å². The van der Waals surface area contributed by atoms with E-state index in [9.17, 15) is 13.2 Å². The minimum atomic E-state index is -3.31. The summed E-state index contributed by atoms with van der Waals surface area (Å²) in [5.41, 5.74) is 0. The third-order valence-electron chi connectivity index (χ3n) is 2.65. The third kappa shape index (κ3) is 1.85. The fourth-order valence-electron chi connectivity index (χ4n) is 1.36. The van der Waals surface area contributed by atoms with Crippen LogP contribution in [0.3, 0.4) is 0 Å². The fourth-order valence-corrected chi connectivity index (χ4v) is 2.72. The van der Waals surface area contributed by atoms with Crippen molar-refractivity contribution in [1.29, 1.82) is 0 Å². The lowest BCUT2D eigenvalue weighted by Gasteiger charge is -2.03. The Balaban J connectivity index is 1.93. The van der Waals surface area contributed by atoms with Crippen molar-refractivity contribution in [2.45, 2.75) is 31.4 Å². The van der Waals surface area contributed by atoms with Gasteiger partial charge in [-0.3, -0.25) is 9.52 Å². The molecule has 5 heteroatoms. The molecule has 2 saturated carbocycles. The monoisotopic (exact) mass is 203 g/mol. The van der Waals surface area contributed by atoms with Gasteiger partial charge in [-0.1, -0.05) is 6.92 Å². The Bertz CT molecular complexity index is 331. The molecule has 0 heterocycles. The molecule has 2 fully saturated rings. The first-order valence-electron chi connectivity index (χ1n) is 4.56. The van der Waals surface area contributed by atoms with E-state index < -0.39 is 10.0 Å². The molecule has 2 rings (SSSR count). The number of carbonyl (C=O) groups is 1. The van der Waals surface area contributed by atoms with Crippen LogP contribution in [-0.2, 0) is 14.8 Å². The van der Waals surface area contributed by atoms with Gasteiger partial charge in [0.25, 0.3) is 0 Å². The highest BCUT2D eigenvalue weighted by molar-refractivity contribution is 7.90. The van der Waals surface area contributed by atoms with Crippen LogP contribution in [0.5, 0.6) is 0 Å². The lowest BCUT2D eigenvalue weighted by atomic mass is 10.3. The molecule has 2 aliphatic rings. The molecule has 0 aromatic carbocycles. The number of nitrogens with one attached hydrogen (secondary N) is 1. The number of amides is 1. The summed E-state index contributed by atoms with van der Waals surface area (Å²) in [4.78, 5) is 11.3. The van der Waals surface area contributed by atoms with Crippen LogP contribution in [0.2, 0.25) is 0 Å². The Morgan fingerprint density at radius 2 is 1.92 bits per heavy atom. The van der Waals surface area contributed by atoms with Gasteiger partial charge in [0.1, 0.15) is 0 Å². The van der Waals surface area contributed by atoms with Gasteiger partial charge in [-0.2, -0.15) is 0 Å². The Morgan fingerprint density at radius 1 is 1.38 bits per heavy atom. The molecule has 1 N–H and O–H groups in total. The molecule has 0 aromatic rings. The molecule has 2 aliphatic carbocycles. The van der Waals surface area contributed by atoms with E-state index in [0.29, 0.717) is 18.8 Å². The van der Waals surface area contributed by atoms with E-state index in [1.807, 2.05) is 6.92 Å². The van der Waals surface area contributed by atoms with Gasteiger partial charge in [-0.05, 0) is 25.2 Å². The number of hydrogen-bond donors (Lipinski definition) is 1. The Hall–Kier alpha value is -0.580. The molecule has 4 nitrogen and oxygen atoms in total. The van der Waals surface area contributed by atoms with Crippen LogP contribution in [-0.4, -0.2) is 19.6 Å². The van der Waals surface area contributed by atoms with E-state index in [2.05, 4.69) is 4.72 Å². The zero-order valence-corrected chi connectivity index (χ0v) is 8.30. The molecule has 1 amide bonds. The summed E-state index contributed by atoms with van der Waals surface area (Å²) in [7, 11) is -3.31. The van der Waals surface area contributed by atoms with Gasteiger partial charge in [0, 0.05) is 5.92 Å². The molecule has 0 aliphatic heterocycles. The quantitative estimate of drug-likeness (QED) is 0.715. The highest BCUT2D eigenvalue weighted by Crippen LogP contribution is 2.38. The summed E-state index contributed by atoms with van der Waals surface area (Å²) in [5.74, 6) is -0.0117. The number of hydrogen-bond acceptors (Lipinski definition) is 3. The molecule has 0 aromatic heterocycles. The van der Waals surface area contributed by atoms with Crippen LogP contribution in [0.4, 0.5) is 0 Å². The van der Waals surface area contributed by atoms with Gasteiger partial charge >= 0.3 is 0 Å². The zero-order chi connectivity index (χ0) is 9.64. The Labute approximate surface area is 77.8 Å². The van der Waals surface area contributed by atoms with Crippen LogP contribution in [0, 0.1) is 11.8 Å². The molecule has 0 radical (unpaired) electrons. The zero-order valence-electron chi connectivity index (χ0n) is 7.49. The molecule has 74 valence electrons. The Kier molecular flexibility index (Phi) is 1.87. The molecular formula is C8H13NO3S. The van der Waals surface area contributed by atoms with E-state index in [-0.39, 0.29) is 17.1 Å². The fraction of sp³-hybridized carbons (Fsp3) is 0.875. The maximum absolute atomic E-state index is 11.3. The minimum Gasteiger partial charge on any atom is -0.274 e. The predicted molar refractivity (Wildman–Crippen MR) is 47.4 cm³/mol. The topological polar surface area (TPSA) is 63.2 Å². The minimum absolute atomic E-state index is 0.0616. The lowest BCUT2D eigenvalue weighted by molar-refractivity contribution is -0.120. The number of sulfonamides is 1. The van der Waals surface area contributed by atoms with Crippen molar-refractivity contribution in [3.05, 3.63) is 0 Å². The first-order valence-corrected chi connectivity index (χ1v) is 6.11. The molecule has 0 bridgehead atoms. The van der Waals surface area contributed by atoms with Crippen LogP contribution in [0.15, 0.2) is 0 Å². The second-order valence-electron chi connectivity index (χ2n) is 4.03. The van der Waals surface area contributed by atoms with Crippen LogP contribution < -0.4 is 4.72 Å². The van der Waals surface area contributed by atoms with E-state index in [0.717, 1.165) is 6.42 Å². The molecule has 2 unspecified atom stereocenters. The maximum Gasteiger partial charge on any atom is 0.237 e. The van der Waals surface area contributed by atoms with E-state index in [1.165, 1.54) is 0 Å². The van der Waals surface area contributed by atoms with Gasteiger partial charge in [0.15, 0.2) is 0 Å². The van der Waals surface area contributed by atoms with Crippen molar-refractivity contribution in [2.24, 2.45) is 11.8 Å². The van der Waals surface area contributed by atoms with Crippen molar-refractivity contribution >= 4 is 15.9 Å². The SMILES string of the molecule is CC1CC1C(=O)NS(=O)(=O)C1CC1. The molecule has 0 saturated heterocycles. The highest BCUT2D eigenvalue weighted by atomic mass is 32.2. The molecular weight excluding hydrogens is 190 g/mol. The van der Waals surface area contributed by atoms with Crippen molar-refractivity contribution in [2.75, 3.05) is 0 Å². The predicted octanol–water partition coefficient (Wildman–Crippen LogP) is 0.251. The lowest BCUT2D eigenvalue weighted by Crippen LogP contribution is -2.34. The van der Waals surface area contributed by atoms with Crippen LogP contribution >= 0.6 is 0 Å². The normalized spacial score (nSPS) is 32.7. The van der Waals surface area contributed by atoms with Gasteiger partial charge in [0.2, 0.25) is 15.9 Å². The second-order valence-corrected chi connectivity index (χ2v) is 5.99. The molecule has 13 heavy (non-hydrogen) atoms. The van der Waals surface area contributed by atoms with Crippen molar-refractivity contribution in [1.82, 2.24) is 4.72 Å². The van der Waals surface area contributed by atoms with E-state index in [4.69, 9.17) is 0 Å². The first kappa shape index (κ1) is 8.99. The largest absolute Gasteiger partial charge is 0.274 e. The van der Waals surface area contributed by atoms with Crippen molar-refractivity contribution in [3.63, 3.8) is 0 Å².